The molecule has 0 saturated heterocycles. The molecule has 7 nitrogen and oxygen atoms in total. The first-order chi connectivity index (χ1) is 14.5. The molecule has 30 heavy (non-hydrogen) atoms. The number of carbonyl (C=O) groups excluding carboxylic acids is 1. The van der Waals surface area contributed by atoms with Crippen molar-refractivity contribution < 1.29 is 14.6 Å². The monoisotopic (exact) mass is 404 g/mol. The summed E-state index contributed by atoms with van der Waals surface area (Å²) in [7, 11) is 1.71. The van der Waals surface area contributed by atoms with Crippen LogP contribution in [0.5, 0.6) is 5.75 Å². The Labute approximate surface area is 175 Å². The number of aliphatic hydroxyl groups is 1. The van der Waals surface area contributed by atoms with Crippen LogP contribution in [-0.4, -0.2) is 57.0 Å². The summed E-state index contributed by atoms with van der Waals surface area (Å²) in [5.41, 5.74) is 4.68. The lowest BCUT2D eigenvalue weighted by atomic mass is 9.97. The number of amides is 1. The van der Waals surface area contributed by atoms with Crippen LogP contribution in [0.15, 0.2) is 60.9 Å². The molecule has 1 aliphatic rings. The molecule has 4 rings (SSSR count). The van der Waals surface area contributed by atoms with Crippen molar-refractivity contribution in [3.05, 3.63) is 66.6 Å². The fraction of sp³-hybridized carbons (Fsp3) is 0.261. The summed E-state index contributed by atoms with van der Waals surface area (Å²) >= 11 is 0. The topological polar surface area (TPSA) is 80.5 Å². The third-order valence-electron chi connectivity index (χ3n) is 5.20. The number of benzene rings is 1. The van der Waals surface area contributed by atoms with Crippen LogP contribution in [0.4, 0.5) is 0 Å². The van der Waals surface area contributed by atoms with Crippen LogP contribution >= 0.6 is 0 Å². The van der Waals surface area contributed by atoms with E-state index in [1.165, 1.54) is 0 Å². The summed E-state index contributed by atoms with van der Waals surface area (Å²) < 4.78 is 7.41. The number of pyridine rings is 1. The second-order valence-corrected chi connectivity index (χ2v) is 7.51. The molecule has 0 radical (unpaired) electrons. The average Bonchev–Trinajstić information content (AvgIpc) is 3.15. The van der Waals surface area contributed by atoms with Crippen LogP contribution in [0.3, 0.4) is 0 Å². The zero-order valence-corrected chi connectivity index (χ0v) is 17.1. The number of hydrogen-bond donors (Lipinski definition) is 1. The summed E-state index contributed by atoms with van der Waals surface area (Å²) in [6, 6.07) is 11.1. The Balaban J connectivity index is 1.83. The van der Waals surface area contributed by atoms with E-state index in [0.29, 0.717) is 24.5 Å². The highest BCUT2D eigenvalue weighted by atomic mass is 16.5. The number of fused-ring (bicyclic) bond motifs is 1. The van der Waals surface area contributed by atoms with E-state index >= 15 is 0 Å². The molecule has 0 spiro atoms. The molecule has 0 aliphatic carbocycles. The van der Waals surface area contributed by atoms with E-state index in [9.17, 15) is 9.90 Å². The molecule has 1 aromatic carbocycles. The van der Waals surface area contributed by atoms with E-state index in [0.717, 1.165) is 28.0 Å². The normalized spacial score (nSPS) is 15.8. The van der Waals surface area contributed by atoms with E-state index in [-0.39, 0.29) is 18.6 Å². The molecule has 1 unspecified atom stereocenters. The number of aromatic nitrogens is 3. The SMILES string of the molecule is C=C(C)COc1ccc(-c2c(-c3ccncc3)nn3c2C(=O)N(C)C(CO)C3)cc1. The summed E-state index contributed by atoms with van der Waals surface area (Å²) in [5, 5.41) is 14.4. The molecule has 7 heteroatoms. The van der Waals surface area contributed by atoms with Gasteiger partial charge in [-0.1, -0.05) is 18.7 Å². The number of ether oxygens (including phenoxy) is 1. The summed E-state index contributed by atoms with van der Waals surface area (Å²) in [5.74, 6) is 0.572. The standard InChI is InChI=1S/C23H24N4O3/c1-15(2)14-30-19-6-4-16(5-7-19)20-21(17-8-10-24-11-9-17)25-27-12-18(13-28)26(3)23(29)22(20)27/h4-11,18,28H,1,12-14H2,2-3H3. The highest BCUT2D eigenvalue weighted by Gasteiger charge is 2.35. The van der Waals surface area contributed by atoms with Crippen LogP contribution in [0, 0.1) is 0 Å². The zero-order chi connectivity index (χ0) is 21.3. The molecule has 154 valence electrons. The lowest BCUT2D eigenvalue weighted by Crippen LogP contribution is -2.47. The highest BCUT2D eigenvalue weighted by molar-refractivity contribution is 6.03. The van der Waals surface area contributed by atoms with Gasteiger partial charge >= 0.3 is 0 Å². The average molecular weight is 404 g/mol. The Morgan fingerprint density at radius 1 is 1.20 bits per heavy atom. The maximum Gasteiger partial charge on any atom is 0.272 e. The van der Waals surface area contributed by atoms with Crippen LogP contribution in [0.1, 0.15) is 17.4 Å². The fourth-order valence-corrected chi connectivity index (χ4v) is 3.56. The predicted molar refractivity (Wildman–Crippen MR) is 114 cm³/mol. The minimum absolute atomic E-state index is 0.115. The van der Waals surface area contributed by atoms with Gasteiger partial charge in [-0.3, -0.25) is 14.5 Å². The van der Waals surface area contributed by atoms with Crippen molar-refractivity contribution in [2.45, 2.75) is 19.5 Å². The molecule has 1 aliphatic heterocycles. The van der Waals surface area contributed by atoms with E-state index < -0.39 is 0 Å². The van der Waals surface area contributed by atoms with Gasteiger partial charge in [0.1, 0.15) is 23.7 Å². The lowest BCUT2D eigenvalue weighted by molar-refractivity contribution is 0.0550. The van der Waals surface area contributed by atoms with Crippen LogP contribution in [0.25, 0.3) is 22.4 Å². The summed E-state index contributed by atoms with van der Waals surface area (Å²) in [6.45, 7) is 6.54. The molecule has 0 bridgehead atoms. The molecule has 1 amide bonds. The first-order valence-electron chi connectivity index (χ1n) is 9.76. The minimum Gasteiger partial charge on any atom is -0.489 e. The molecular weight excluding hydrogens is 380 g/mol. The first kappa shape index (κ1) is 19.8. The largest absolute Gasteiger partial charge is 0.489 e. The maximum atomic E-state index is 13.2. The molecule has 2 aromatic heterocycles. The van der Waals surface area contributed by atoms with Gasteiger partial charge in [0.15, 0.2) is 0 Å². The van der Waals surface area contributed by atoms with Crippen molar-refractivity contribution in [3.63, 3.8) is 0 Å². The Morgan fingerprint density at radius 2 is 1.90 bits per heavy atom. The Morgan fingerprint density at radius 3 is 2.53 bits per heavy atom. The number of hydrogen-bond acceptors (Lipinski definition) is 5. The number of aliphatic hydroxyl groups excluding tert-OH is 1. The smallest absolute Gasteiger partial charge is 0.272 e. The first-order valence-corrected chi connectivity index (χ1v) is 9.76. The highest BCUT2D eigenvalue weighted by Crippen LogP contribution is 2.37. The van der Waals surface area contributed by atoms with Crippen LogP contribution in [-0.2, 0) is 6.54 Å². The summed E-state index contributed by atoms with van der Waals surface area (Å²) in [6.07, 6.45) is 3.41. The quantitative estimate of drug-likeness (QED) is 0.639. The van der Waals surface area contributed by atoms with Gasteiger partial charge in [0.05, 0.1) is 19.2 Å². The van der Waals surface area contributed by atoms with Gasteiger partial charge < -0.3 is 14.7 Å². The van der Waals surface area contributed by atoms with Crippen molar-refractivity contribution in [3.8, 4) is 28.1 Å². The molecular formula is C23H24N4O3. The van der Waals surface area contributed by atoms with E-state index in [2.05, 4.69) is 11.6 Å². The predicted octanol–water partition coefficient (Wildman–Crippen LogP) is 3.01. The Kier molecular flexibility index (Phi) is 5.37. The van der Waals surface area contributed by atoms with Gasteiger partial charge in [-0.25, -0.2) is 0 Å². The number of carbonyl (C=O) groups is 1. The molecule has 0 saturated carbocycles. The minimum atomic E-state index is -0.305. The van der Waals surface area contributed by atoms with Crippen molar-refractivity contribution in [2.24, 2.45) is 0 Å². The van der Waals surface area contributed by atoms with Crippen molar-refractivity contribution in [1.29, 1.82) is 0 Å². The second kappa shape index (κ2) is 8.12. The maximum absolute atomic E-state index is 13.2. The van der Waals surface area contributed by atoms with E-state index in [1.807, 2.05) is 43.3 Å². The van der Waals surface area contributed by atoms with Gasteiger partial charge in [0, 0.05) is 30.6 Å². The third kappa shape index (κ3) is 3.59. The molecule has 3 aromatic rings. The van der Waals surface area contributed by atoms with Crippen molar-refractivity contribution in [1.82, 2.24) is 19.7 Å². The van der Waals surface area contributed by atoms with Gasteiger partial charge in [0.25, 0.3) is 5.91 Å². The zero-order valence-electron chi connectivity index (χ0n) is 17.1. The Bertz CT molecular complexity index is 1070. The number of likely N-dealkylation sites (N-methyl/N-ethyl adjacent to an activating group) is 1. The summed E-state index contributed by atoms with van der Waals surface area (Å²) in [4.78, 5) is 18.8. The second-order valence-electron chi connectivity index (χ2n) is 7.51. The van der Waals surface area contributed by atoms with E-state index in [4.69, 9.17) is 9.84 Å². The fourth-order valence-electron chi connectivity index (χ4n) is 3.56. The molecule has 1 N–H and O–H groups in total. The lowest BCUT2D eigenvalue weighted by Gasteiger charge is -2.32. The van der Waals surface area contributed by atoms with Gasteiger partial charge in [-0.15, -0.1) is 0 Å². The van der Waals surface area contributed by atoms with Crippen LogP contribution in [0.2, 0.25) is 0 Å². The number of nitrogens with zero attached hydrogens (tertiary/aromatic N) is 4. The third-order valence-corrected chi connectivity index (χ3v) is 5.20. The Hall–Kier alpha value is -3.45. The van der Waals surface area contributed by atoms with Gasteiger partial charge in [-0.05, 0) is 42.3 Å². The van der Waals surface area contributed by atoms with Crippen molar-refractivity contribution in [2.75, 3.05) is 20.3 Å². The van der Waals surface area contributed by atoms with Crippen molar-refractivity contribution >= 4 is 5.91 Å². The molecule has 3 heterocycles. The molecule has 1 atom stereocenters. The molecule has 0 fully saturated rings. The van der Waals surface area contributed by atoms with Crippen LogP contribution < -0.4 is 4.74 Å². The van der Waals surface area contributed by atoms with E-state index in [1.54, 1.807) is 29.0 Å². The van der Waals surface area contributed by atoms with Gasteiger partial charge in [0.2, 0.25) is 0 Å². The van der Waals surface area contributed by atoms with Gasteiger partial charge in [-0.2, -0.15) is 5.10 Å². The number of rotatable bonds is 6.